The topological polar surface area (TPSA) is 103 Å². The Balaban J connectivity index is 0.984. The second kappa shape index (κ2) is 27.7. The average Bonchev–Trinajstić information content (AvgIpc) is 3.71. The lowest BCUT2D eigenvalue weighted by Crippen LogP contribution is -2.08. The van der Waals surface area contributed by atoms with Gasteiger partial charge in [-0.3, -0.25) is 4.99 Å². The van der Waals surface area contributed by atoms with Gasteiger partial charge in [-0.1, -0.05) is 142 Å². The minimum absolute atomic E-state index is 0.0504. The number of hydrogen-bond donors (Lipinski definition) is 1. The molecule has 0 spiro atoms. The predicted molar refractivity (Wildman–Crippen MR) is 250 cm³/mol. The van der Waals surface area contributed by atoms with Gasteiger partial charge in [0, 0.05) is 29.5 Å². The quantitative estimate of drug-likeness (QED) is 0.0205. The molecule has 1 heterocycles. The van der Waals surface area contributed by atoms with Crippen LogP contribution in [0, 0.1) is 0 Å². The maximum Gasteiger partial charge on any atom is 0.343 e. The number of aromatic hydroxyl groups is 1. The molecule has 0 unspecified atom stereocenters. The molecule has 5 aromatic rings. The number of hydrogen-bond acceptors (Lipinski definition) is 8. The second-order valence-corrected chi connectivity index (χ2v) is 16.4. The zero-order valence-corrected chi connectivity index (χ0v) is 37.0. The fourth-order valence-corrected chi connectivity index (χ4v) is 7.41. The number of rotatable bonds is 31. The SMILES string of the molecule is CCCCCCCCCCCCCCOc1ccc(C(=O)Oc2ccc(C=Nc3ccc(-c4nc5ccc(OCCCCCCCCCCCC)cc5o4)cc3)c(O)c2)cc1. The highest BCUT2D eigenvalue weighted by molar-refractivity contribution is 5.91. The summed E-state index contributed by atoms with van der Waals surface area (Å²) in [5.41, 5.74) is 3.87. The van der Waals surface area contributed by atoms with E-state index in [0.717, 1.165) is 35.4 Å². The van der Waals surface area contributed by atoms with Crippen molar-refractivity contribution in [2.24, 2.45) is 4.99 Å². The molecule has 8 nitrogen and oxygen atoms in total. The first-order valence-electron chi connectivity index (χ1n) is 23.5. The molecule has 1 aromatic heterocycles. The van der Waals surface area contributed by atoms with Crippen LogP contribution in [0.5, 0.6) is 23.0 Å². The van der Waals surface area contributed by atoms with Crippen molar-refractivity contribution in [2.75, 3.05) is 13.2 Å². The number of nitrogens with zero attached hydrogens (tertiary/aromatic N) is 2. The molecule has 1 N–H and O–H groups in total. The average molecular weight is 831 g/mol. The van der Waals surface area contributed by atoms with E-state index >= 15 is 0 Å². The summed E-state index contributed by atoms with van der Waals surface area (Å²) >= 11 is 0. The summed E-state index contributed by atoms with van der Waals surface area (Å²) in [6, 6.07) is 25.0. The van der Waals surface area contributed by atoms with Gasteiger partial charge < -0.3 is 23.7 Å². The van der Waals surface area contributed by atoms with E-state index in [2.05, 4.69) is 23.8 Å². The lowest BCUT2D eigenvalue weighted by Gasteiger charge is -2.08. The minimum Gasteiger partial charge on any atom is -0.507 e. The van der Waals surface area contributed by atoms with Gasteiger partial charge in [0.15, 0.2) is 5.58 Å². The first-order valence-corrected chi connectivity index (χ1v) is 23.5. The largest absolute Gasteiger partial charge is 0.507 e. The van der Waals surface area contributed by atoms with Crippen LogP contribution < -0.4 is 14.2 Å². The number of fused-ring (bicyclic) bond motifs is 1. The van der Waals surface area contributed by atoms with E-state index in [1.807, 2.05) is 42.5 Å². The number of phenols is 1. The molecule has 5 rings (SSSR count). The van der Waals surface area contributed by atoms with Crippen LogP contribution in [0.1, 0.15) is 171 Å². The van der Waals surface area contributed by atoms with E-state index in [1.165, 1.54) is 134 Å². The van der Waals surface area contributed by atoms with Crippen molar-refractivity contribution in [2.45, 2.75) is 155 Å². The van der Waals surface area contributed by atoms with E-state index in [4.69, 9.17) is 18.6 Å². The highest BCUT2D eigenvalue weighted by Crippen LogP contribution is 2.29. The maximum absolute atomic E-state index is 12.8. The van der Waals surface area contributed by atoms with E-state index in [1.54, 1.807) is 42.6 Å². The van der Waals surface area contributed by atoms with Crippen molar-refractivity contribution in [1.82, 2.24) is 4.98 Å². The Bertz CT molecular complexity index is 2000. The Morgan fingerprint density at radius 1 is 0.590 bits per heavy atom. The Hall–Kier alpha value is -5.11. The van der Waals surface area contributed by atoms with Crippen LogP contribution in [0.3, 0.4) is 0 Å². The number of aliphatic imine (C=N–C) groups is 1. The molecule has 0 aliphatic heterocycles. The number of carbonyl (C=O) groups is 1. The van der Waals surface area contributed by atoms with E-state index < -0.39 is 5.97 Å². The van der Waals surface area contributed by atoms with Crippen molar-refractivity contribution in [3.8, 4) is 34.5 Å². The van der Waals surface area contributed by atoms with Crippen LogP contribution in [0.4, 0.5) is 5.69 Å². The third-order valence-corrected chi connectivity index (χ3v) is 11.2. The Morgan fingerprint density at radius 2 is 1.10 bits per heavy atom. The number of ether oxygens (including phenoxy) is 3. The van der Waals surface area contributed by atoms with Gasteiger partial charge in [-0.25, -0.2) is 9.78 Å². The molecule has 0 bridgehead atoms. The fourth-order valence-electron chi connectivity index (χ4n) is 7.41. The lowest BCUT2D eigenvalue weighted by atomic mass is 10.1. The Kier molecular flexibility index (Phi) is 21.3. The molecule has 0 atom stereocenters. The first-order chi connectivity index (χ1) is 30.0. The molecule has 0 radical (unpaired) electrons. The Labute approximate surface area is 365 Å². The summed E-state index contributed by atoms with van der Waals surface area (Å²) < 4.78 is 23.6. The summed E-state index contributed by atoms with van der Waals surface area (Å²) in [7, 11) is 0. The van der Waals surface area contributed by atoms with Crippen LogP contribution in [0.2, 0.25) is 0 Å². The van der Waals surface area contributed by atoms with Gasteiger partial charge >= 0.3 is 5.97 Å². The van der Waals surface area contributed by atoms with Crippen LogP contribution in [-0.4, -0.2) is 35.5 Å². The first kappa shape index (κ1) is 46.9. The van der Waals surface area contributed by atoms with E-state index in [0.29, 0.717) is 41.5 Å². The Morgan fingerprint density at radius 3 is 1.66 bits per heavy atom. The molecule has 61 heavy (non-hydrogen) atoms. The fraction of sp³-hybridized carbons (Fsp3) is 0.491. The molecular weight excluding hydrogens is 761 g/mol. The van der Waals surface area contributed by atoms with Gasteiger partial charge in [0.2, 0.25) is 5.89 Å². The molecule has 0 aliphatic carbocycles. The number of oxazole rings is 1. The second-order valence-electron chi connectivity index (χ2n) is 16.4. The number of esters is 1. The van der Waals surface area contributed by atoms with Gasteiger partial charge in [-0.05, 0) is 85.6 Å². The van der Waals surface area contributed by atoms with E-state index in [-0.39, 0.29) is 11.5 Å². The molecule has 0 amide bonds. The van der Waals surface area contributed by atoms with Crippen LogP contribution >= 0.6 is 0 Å². The summed E-state index contributed by atoms with van der Waals surface area (Å²) in [6.45, 7) is 5.89. The van der Waals surface area contributed by atoms with Crippen molar-refractivity contribution >= 4 is 29.0 Å². The maximum atomic E-state index is 12.8. The van der Waals surface area contributed by atoms with Gasteiger partial charge in [0.05, 0.1) is 24.5 Å². The van der Waals surface area contributed by atoms with Crippen molar-refractivity contribution < 1.29 is 28.5 Å². The summed E-state index contributed by atoms with van der Waals surface area (Å²) in [4.78, 5) is 22.0. The highest BCUT2D eigenvalue weighted by Gasteiger charge is 2.12. The lowest BCUT2D eigenvalue weighted by molar-refractivity contribution is 0.0734. The molecule has 4 aromatic carbocycles. The van der Waals surface area contributed by atoms with Gasteiger partial charge in [0.1, 0.15) is 28.5 Å². The molecule has 328 valence electrons. The van der Waals surface area contributed by atoms with Gasteiger partial charge in [-0.2, -0.15) is 0 Å². The normalized spacial score (nSPS) is 11.4. The highest BCUT2D eigenvalue weighted by atomic mass is 16.5. The molecule has 0 saturated carbocycles. The molecule has 8 heteroatoms. The zero-order chi connectivity index (χ0) is 42.7. The number of phenolic OH excluding ortho intramolecular Hbond substituents is 1. The molecular formula is C53H70N2O6. The predicted octanol–water partition coefficient (Wildman–Crippen LogP) is 15.5. The smallest absolute Gasteiger partial charge is 0.343 e. The van der Waals surface area contributed by atoms with Crippen molar-refractivity contribution in [3.63, 3.8) is 0 Å². The zero-order valence-electron chi connectivity index (χ0n) is 37.0. The standard InChI is InChI=1S/C53H70N2O6/c1-3-5-7-9-11-13-15-16-18-19-21-23-37-58-46-32-27-43(28-33-46)53(57)60-48-34-29-44(50(56)39-48)41-54-45-30-25-42(26-31-45)52-55-49-36-35-47(40-51(49)61-52)59-38-24-22-20-17-14-12-10-8-6-4-2/h25-36,39-41,56H,3-24,37-38H2,1-2H3. The number of unbranched alkanes of at least 4 members (excludes halogenated alkanes) is 20. The molecule has 0 aliphatic rings. The van der Waals surface area contributed by atoms with E-state index in [9.17, 15) is 9.90 Å². The number of benzene rings is 4. The van der Waals surface area contributed by atoms with Crippen LogP contribution in [0.25, 0.3) is 22.6 Å². The third kappa shape index (κ3) is 17.4. The van der Waals surface area contributed by atoms with Crippen molar-refractivity contribution in [1.29, 1.82) is 0 Å². The van der Waals surface area contributed by atoms with Gasteiger partial charge in [0.25, 0.3) is 0 Å². The monoisotopic (exact) mass is 831 g/mol. The van der Waals surface area contributed by atoms with Crippen LogP contribution in [-0.2, 0) is 0 Å². The minimum atomic E-state index is -0.513. The van der Waals surface area contributed by atoms with Crippen molar-refractivity contribution in [3.05, 3.63) is 96.1 Å². The molecule has 0 fully saturated rings. The van der Waals surface area contributed by atoms with Crippen LogP contribution in [0.15, 0.2) is 94.3 Å². The summed E-state index contributed by atoms with van der Waals surface area (Å²) in [6.07, 6.45) is 30.2. The number of carbonyl (C=O) groups excluding carboxylic acids is 1. The van der Waals surface area contributed by atoms with Gasteiger partial charge in [-0.15, -0.1) is 0 Å². The molecule has 0 saturated heterocycles. The summed E-state index contributed by atoms with van der Waals surface area (Å²) in [5, 5.41) is 10.7. The number of aromatic nitrogens is 1. The third-order valence-electron chi connectivity index (χ3n) is 11.2. The summed E-state index contributed by atoms with van der Waals surface area (Å²) in [5.74, 6) is 1.72.